The molecule has 0 aromatic heterocycles. The summed E-state index contributed by atoms with van der Waals surface area (Å²) < 4.78 is 28.8. The Hall–Kier alpha value is -1.69. The molecule has 1 unspecified atom stereocenters. The summed E-state index contributed by atoms with van der Waals surface area (Å²) in [6, 6.07) is 1.79. The van der Waals surface area contributed by atoms with Crippen LogP contribution in [-0.2, 0) is 9.59 Å². The predicted molar refractivity (Wildman–Crippen MR) is 101 cm³/mol. The fourth-order valence-corrected chi connectivity index (χ4v) is 4.17. The molecule has 1 atom stereocenters. The van der Waals surface area contributed by atoms with Crippen molar-refractivity contribution in [2.45, 2.75) is 64.3 Å². The molecule has 0 saturated heterocycles. The molecule has 150 valence electrons. The third-order valence-corrected chi connectivity index (χ3v) is 5.58. The molecule has 2 amide bonds. The molecule has 4 nitrogen and oxygen atoms in total. The topological polar surface area (TPSA) is 72.2 Å². The lowest BCUT2D eigenvalue weighted by Gasteiger charge is -2.27. The van der Waals surface area contributed by atoms with E-state index in [1.54, 1.807) is 0 Å². The van der Waals surface area contributed by atoms with Crippen LogP contribution in [0, 0.1) is 23.5 Å². The summed E-state index contributed by atoms with van der Waals surface area (Å²) in [7, 11) is 0. The van der Waals surface area contributed by atoms with E-state index < -0.39 is 17.7 Å². The first-order chi connectivity index (χ1) is 12.8. The Morgan fingerprint density at radius 3 is 2.19 bits per heavy atom. The largest absolute Gasteiger partial charge is 0.370 e. The van der Waals surface area contributed by atoms with Crippen molar-refractivity contribution in [1.29, 1.82) is 0 Å². The Kier molecular flexibility index (Phi) is 8.02. The van der Waals surface area contributed by atoms with Crippen molar-refractivity contribution in [2.75, 3.05) is 0 Å². The number of carbonyl (C=O) groups excluding carboxylic acids is 2. The van der Waals surface area contributed by atoms with Crippen molar-refractivity contribution >= 4 is 23.4 Å². The predicted octanol–water partition coefficient (Wildman–Crippen LogP) is 4.65. The molecular formula is C20H27ClF2N2O2. The third kappa shape index (κ3) is 5.89. The maximum atomic E-state index is 14.5. The number of nitrogens with two attached hydrogens (primary N) is 1. The van der Waals surface area contributed by atoms with Gasteiger partial charge in [-0.25, -0.2) is 8.78 Å². The third-order valence-electron chi connectivity index (χ3n) is 5.29. The average molecular weight is 401 g/mol. The molecule has 2 aliphatic carbocycles. The first-order valence-corrected chi connectivity index (χ1v) is 9.88. The Balaban J connectivity index is 0.000000596. The van der Waals surface area contributed by atoms with Gasteiger partial charge in [0.2, 0.25) is 11.8 Å². The van der Waals surface area contributed by atoms with Crippen molar-refractivity contribution in [3.8, 4) is 0 Å². The van der Waals surface area contributed by atoms with Gasteiger partial charge in [-0.2, -0.15) is 0 Å². The Morgan fingerprint density at radius 1 is 1.11 bits per heavy atom. The quantitative estimate of drug-likeness (QED) is 0.722. The Bertz CT molecular complexity index is 668. The Labute approximate surface area is 163 Å². The van der Waals surface area contributed by atoms with Crippen LogP contribution < -0.4 is 11.1 Å². The second kappa shape index (κ2) is 10.0. The van der Waals surface area contributed by atoms with Crippen LogP contribution in [0.1, 0.15) is 69.9 Å². The van der Waals surface area contributed by atoms with Gasteiger partial charge in [-0.15, -0.1) is 0 Å². The van der Waals surface area contributed by atoms with Crippen LogP contribution in [0.2, 0.25) is 5.02 Å². The van der Waals surface area contributed by atoms with Crippen molar-refractivity contribution < 1.29 is 18.4 Å². The van der Waals surface area contributed by atoms with Gasteiger partial charge in [0.05, 0.1) is 11.1 Å². The van der Waals surface area contributed by atoms with Crippen LogP contribution in [0.3, 0.4) is 0 Å². The molecule has 1 aromatic rings. The first kappa shape index (κ1) is 21.6. The second-order valence-electron chi connectivity index (χ2n) is 7.38. The monoisotopic (exact) mass is 400 g/mol. The fraction of sp³-hybridized carbons (Fsp3) is 0.600. The number of benzene rings is 1. The van der Waals surface area contributed by atoms with E-state index in [0.29, 0.717) is 0 Å². The van der Waals surface area contributed by atoms with Gasteiger partial charge in [0.15, 0.2) is 0 Å². The zero-order valence-corrected chi connectivity index (χ0v) is 16.3. The number of carbonyl (C=O) groups is 2. The summed E-state index contributed by atoms with van der Waals surface area (Å²) >= 11 is 5.85. The van der Waals surface area contributed by atoms with Gasteiger partial charge in [0, 0.05) is 18.4 Å². The molecule has 2 saturated carbocycles. The molecule has 1 aromatic carbocycles. The van der Waals surface area contributed by atoms with E-state index in [2.05, 4.69) is 11.1 Å². The molecule has 0 bridgehead atoms. The molecule has 3 N–H and O–H groups in total. The number of amides is 2. The Morgan fingerprint density at radius 2 is 1.63 bits per heavy atom. The summed E-state index contributed by atoms with van der Waals surface area (Å²) in [5.74, 6) is -1.73. The van der Waals surface area contributed by atoms with Crippen molar-refractivity contribution in [2.24, 2.45) is 17.6 Å². The summed E-state index contributed by atoms with van der Waals surface area (Å²) in [4.78, 5) is 21.7. The summed E-state index contributed by atoms with van der Waals surface area (Å²) in [6.45, 7) is 1.31. The minimum atomic E-state index is -0.740. The zero-order chi connectivity index (χ0) is 20.0. The van der Waals surface area contributed by atoms with E-state index in [0.717, 1.165) is 51.4 Å². The molecule has 27 heavy (non-hydrogen) atoms. The second-order valence-corrected chi connectivity index (χ2v) is 7.79. The number of rotatable bonds is 4. The van der Waals surface area contributed by atoms with Gasteiger partial charge in [-0.1, -0.05) is 37.3 Å². The van der Waals surface area contributed by atoms with Crippen LogP contribution in [-0.4, -0.2) is 11.8 Å². The number of nitrogens with one attached hydrogen (secondary N) is 1. The highest BCUT2D eigenvalue weighted by Gasteiger charge is 2.34. The molecule has 0 spiro atoms. The highest BCUT2D eigenvalue weighted by molar-refractivity contribution is 6.30. The van der Waals surface area contributed by atoms with Gasteiger partial charge >= 0.3 is 0 Å². The lowest BCUT2D eigenvalue weighted by molar-refractivity contribution is -0.126. The summed E-state index contributed by atoms with van der Waals surface area (Å²) in [5.41, 5.74) is 4.40. The number of hydrogen-bond donors (Lipinski definition) is 2. The maximum absolute atomic E-state index is 14.5. The number of primary amides is 1. The molecule has 0 aliphatic heterocycles. The normalized spacial score (nSPS) is 18.7. The van der Waals surface area contributed by atoms with Gasteiger partial charge in [-0.3, -0.25) is 9.59 Å². The lowest BCUT2D eigenvalue weighted by atomic mass is 9.90. The first-order valence-electron chi connectivity index (χ1n) is 9.51. The highest BCUT2D eigenvalue weighted by atomic mass is 35.5. The lowest BCUT2D eigenvalue weighted by Crippen LogP contribution is -2.37. The molecule has 7 heteroatoms. The minimum absolute atomic E-state index is 0.0239. The zero-order valence-electron chi connectivity index (χ0n) is 15.6. The fourth-order valence-electron chi connectivity index (χ4n) is 4.00. The van der Waals surface area contributed by atoms with Gasteiger partial charge in [-0.05, 0) is 43.7 Å². The smallest absolute Gasteiger partial charge is 0.223 e. The van der Waals surface area contributed by atoms with Crippen LogP contribution >= 0.6 is 11.6 Å². The van der Waals surface area contributed by atoms with Crippen molar-refractivity contribution in [1.82, 2.24) is 5.32 Å². The molecule has 3 rings (SSSR count). The molecule has 2 aliphatic rings. The van der Waals surface area contributed by atoms with E-state index in [1.807, 2.05) is 0 Å². The summed E-state index contributed by atoms with van der Waals surface area (Å²) in [6.07, 6.45) is 7.64. The van der Waals surface area contributed by atoms with E-state index in [1.165, 1.54) is 19.1 Å². The average Bonchev–Trinajstić information content (AvgIpc) is 3.30. The van der Waals surface area contributed by atoms with Crippen LogP contribution in [0.4, 0.5) is 8.78 Å². The number of halogens is 3. The maximum Gasteiger partial charge on any atom is 0.223 e. The molecule has 0 radical (unpaired) electrons. The van der Waals surface area contributed by atoms with Crippen molar-refractivity contribution in [3.63, 3.8) is 0 Å². The van der Waals surface area contributed by atoms with Gasteiger partial charge in [0.25, 0.3) is 0 Å². The van der Waals surface area contributed by atoms with E-state index >= 15 is 0 Å². The van der Waals surface area contributed by atoms with Gasteiger partial charge in [0.1, 0.15) is 11.6 Å². The van der Waals surface area contributed by atoms with Crippen LogP contribution in [0.5, 0.6) is 0 Å². The van der Waals surface area contributed by atoms with E-state index in [-0.39, 0.29) is 34.2 Å². The summed E-state index contributed by atoms with van der Waals surface area (Å²) in [5, 5.41) is 2.85. The van der Waals surface area contributed by atoms with E-state index in [9.17, 15) is 18.4 Å². The van der Waals surface area contributed by atoms with Gasteiger partial charge < -0.3 is 11.1 Å². The van der Waals surface area contributed by atoms with E-state index in [4.69, 9.17) is 11.6 Å². The SMILES string of the molecule is CC(N)=O.O=C(NC(c1c(F)ccc(Cl)c1F)C1CCCC1)C1CCCC1. The molecule has 2 fully saturated rings. The molecule has 0 heterocycles. The minimum Gasteiger partial charge on any atom is -0.370 e. The molecular weight excluding hydrogens is 374 g/mol. The van der Waals surface area contributed by atoms with Crippen LogP contribution in [0.15, 0.2) is 12.1 Å². The van der Waals surface area contributed by atoms with Crippen LogP contribution in [0.25, 0.3) is 0 Å². The van der Waals surface area contributed by atoms with Crippen molar-refractivity contribution in [3.05, 3.63) is 34.4 Å². The highest BCUT2D eigenvalue weighted by Crippen LogP contribution is 2.39. The standard InChI is InChI=1S/C18H22ClF2NO.C2H5NO/c19-13-9-10-14(20)15(16(13)21)17(11-5-1-2-6-11)22-18(23)12-7-3-4-8-12;1-2(3)4/h9-12,17H,1-8H2,(H,22,23);1H3,(H2,3,4). The number of hydrogen-bond acceptors (Lipinski definition) is 2.